The Morgan fingerprint density at radius 1 is 1.20 bits per heavy atom. The minimum atomic E-state index is -0.595. The molecule has 0 spiro atoms. The molecule has 6 heteroatoms. The molecular weight excluding hydrogens is 328 g/mol. The number of benzene rings is 1. The molecular formula is C14H11BrO5. The number of methoxy groups -OCH3 is 1. The van der Waals surface area contributed by atoms with Crippen LogP contribution >= 0.6 is 15.9 Å². The Bertz CT molecular complexity index is 615. The van der Waals surface area contributed by atoms with Crippen LogP contribution < -0.4 is 4.74 Å². The maximum atomic E-state index is 11.8. The molecule has 0 amide bonds. The van der Waals surface area contributed by atoms with Crippen molar-refractivity contribution in [3.05, 3.63) is 52.4 Å². The van der Waals surface area contributed by atoms with E-state index >= 15 is 0 Å². The predicted octanol–water partition coefficient (Wildman–Crippen LogP) is 2.98. The maximum absolute atomic E-state index is 11.8. The Hall–Kier alpha value is -2.08. The molecule has 1 aromatic heterocycles. The van der Waals surface area contributed by atoms with Gasteiger partial charge in [-0.3, -0.25) is 4.79 Å². The van der Waals surface area contributed by atoms with Gasteiger partial charge in [0.15, 0.2) is 0 Å². The van der Waals surface area contributed by atoms with Crippen molar-refractivity contribution in [1.82, 2.24) is 0 Å². The number of esters is 2. The Kier molecular flexibility index (Phi) is 4.57. The lowest BCUT2D eigenvalue weighted by Crippen LogP contribution is -2.08. The molecule has 0 radical (unpaired) electrons. The average molecular weight is 339 g/mol. The quantitative estimate of drug-likeness (QED) is 0.633. The van der Waals surface area contributed by atoms with Gasteiger partial charge >= 0.3 is 11.9 Å². The Labute approximate surface area is 123 Å². The number of furan rings is 1. The van der Waals surface area contributed by atoms with E-state index in [1.165, 1.54) is 13.4 Å². The van der Waals surface area contributed by atoms with Gasteiger partial charge in [0.1, 0.15) is 5.75 Å². The Balaban J connectivity index is 2.02. The smallest absolute Gasteiger partial charge is 0.380 e. The highest BCUT2D eigenvalue weighted by atomic mass is 79.9. The van der Waals surface area contributed by atoms with Crippen molar-refractivity contribution in [3.63, 3.8) is 0 Å². The van der Waals surface area contributed by atoms with Gasteiger partial charge in [0.25, 0.3) is 0 Å². The normalized spacial score (nSPS) is 10.1. The Morgan fingerprint density at radius 3 is 2.45 bits per heavy atom. The second-order valence-corrected chi connectivity index (χ2v) is 4.74. The Morgan fingerprint density at radius 2 is 1.90 bits per heavy atom. The second-order valence-electron chi connectivity index (χ2n) is 3.88. The summed E-state index contributed by atoms with van der Waals surface area (Å²) < 4.78 is 15.3. The van der Waals surface area contributed by atoms with Crippen molar-refractivity contribution in [1.29, 1.82) is 0 Å². The van der Waals surface area contributed by atoms with Gasteiger partial charge in [0.2, 0.25) is 5.76 Å². The van der Waals surface area contributed by atoms with Crippen LogP contribution in [-0.4, -0.2) is 19.0 Å². The van der Waals surface area contributed by atoms with Gasteiger partial charge in [0.05, 0.1) is 24.3 Å². The molecule has 0 atom stereocenters. The van der Waals surface area contributed by atoms with Crippen molar-refractivity contribution in [2.75, 3.05) is 7.11 Å². The van der Waals surface area contributed by atoms with Gasteiger partial charge in [-0.1, -0.05) is 12.1 Å². The van der Waals surface area contributed by atoms with Crippen molar-refractivity contribution in [3.8, 4) is 5.75 Å². The van der Waals surface area contributed by atoms with E-state index in [0.29, 0.717) is 10.2 Å². The van der Waals surface area contributed by atoms with Gasteiger partial charge in [-0.15, -0.1) is 0 Å². The van der Waals surface area contributed by atoms with E-state index in [4.69, 9.17) is 9.15 Å². The van der Waals surface area contributed by atoms with Gasteiger partial charge in [0, 0.05) is 0 Å². The molecule has 104 valence electrons. The highest BCUT2D eigenvalue weighted by Gasteiger charge is 2.16. The summed E-state index contributed by atoms with van der Waals surface area (Å²) in [6.07, 6.45) is 1.56. The van der Waals surface area contributed by atoms with E-state index in [-0.39, 0.29) is 18.2 Å². The molecule has 0 saturated carbocycles. The summed E-state index contributed by atoms with van der Waals surface area (Å²) >= 11 is 3.18. The predicted molar refractivity (Wildman–Crippen MR) is 73.5 cm³/mol. The minimum absolute atomic E-state index is 0.101. The molecule has 0 bridgehead atoms. The van der Waals surface area contributed by atoms with E-state index in [9.17, 15) is 9.59 Å². The van der Waals surface area contributed by atoms with E-state index in [1.54, 1.807) is 30.3 Å². The van der Waals surface area contributed by atoms with Crippen LogP contribution in [0.3, 0.4) is 0 Å². The van der Waals surface area contributed by atoms with Crippen LogP contribution in [0.4, 0.5) is 0 Å². The first-order valence-electron chi connectivity index (χ1n) is 5.71. The molecule has 20 heavy (non-hydrogen) atoms. The lowest BCUT2D eigenvalue weighted by molar-refractivity contribution is -0.139. The van der Waals surface area contributed by atoms with Crippen LogP contribution in [0.2, 0.25) is 0 Å². The summed E-state index contributed by atoms with van der Waals surface area (Å²) in [6.45, 7) is 0. The number of halogens is 1. The zero-order chi connectivity index (χ0) is 14.5. The topological polar surface area (TPSA) is 65.7 Å². The van der Waals surface area contributed by atoms with Crippen molar-refractivity contribution in [2.24, 2.45) is 0 Å². The number of carbonyl (C=O) groups excluding carboxylic acids is 2. The first kappa shape index (κ1) is 14.3. The summed E-state index contributed by atoms with van der Waals surface area (Å²) in [5.74, 6) is -0.451. The number of hydrogen-bond acceptors (Lipinski definition) is 5. The van der Waals surface area contributed by atoms with Crippen LogP contribution in [0.25, 0.3) is 0 Å². The van der Waals surface area contributed by atoms with E-state index in [2.05, 4.69) is 20.7 Å². The average Bonchev–Trinajstić information content (AvgIpc) is 2.87. The lowest BCUT2D eigenvalue weighted by atomic mass is 10.1. The first-order valence-corrected chi connectivity index (χ1v) is 6.50. The maximum Gasteiger partial charge on any atom is 0.380 e. The molecule has 0 aliphatic rings. The third kappa shape index (κ3) is 3.48. The molecule has 0 saturated heterocycles. The summed E-state index contributed by atoms with van der Waals surface area (Å²) in [5.41, 5.74) is 0.774. The molecule has 0 N–H and O–H groups in total. The van der Waals surface area contributed by atoms with Crippen molar-refractivity contribution < 1.29 is 23.5 Å². The molecule has 1 heterocycles. The standard InChI is InChI=1S/C14H11BrO5/c1-18-12(16)8-9-2-4-10(5-3-9)20-14(17)13-11(15)6-7-19-13/h2-7H,8H2,1H3. The fraction of sp³-hybridized carbons (Fsp3) is 0.143. The van der Waals surface area contributed by atoms with Gasteiger partial charge in [-0.05, 0) is 39.7 Å². The molecule has 0 fully saturated rings. The van der Waals surface area contributed by atoms with Crippen molar-refractivity contribution in [2.45, 2.75) is 6.42 Å². The second kappa shape index (κ2) is 6.38. The molecule has 5 nitrogen and oxygen atoms in total. The molecule has 0 unspecified atom stereocenters. The van der Waals surface area contributed by atoms with E-state index < -0.39 is 5.97 Å². The van der Waals surface area contributed by atoms with E-state index in [0.717, 1.165) is 5.56 Å². The van der Waals surface area contributed by atoms with Gasteiger partial charge < -0.3 is 13.9 Å². The first-order chi connectivity index (χ1) is 9.60. The molecule has 0 aliphatic carbocycles. The summed E-state index contributed by atoms with van der Waals surface area (Å²) in [4.78, 5) is 22.9. The SMILES string of the molecule is COC(=O)Cc1ccc(OC(=O)c2occc2Br)cc1. The van der Waals surface area contributed by atoms with E-state index in [1.807, 2.05) is 0 Å². The van der Waals surface area contributed by atoms with Gasteiger partial charge in [-0.2, -0.15) is 0 Å². The van der Waals surface area contributed by atoms with Crippen LogP contribution in [0.5, 0.6) is 5.75 Å². The fourth-order valence-electron chi connectivity index (χ4n) is 1.51. The van der Waals surface area contributed by atoms with Crippen LogP contribution in [0.15, 0.2) is 45.5 Å². The lowest BCUT2D eigenvalue weighted by Gasteiger charge is -2.04. The van der Waals surface area contributed by atoms with Crippen LogP contribution in [0.1, 0.15) is 16.1 Å². The number of rotatable bonds is 4. The third-order valence-corrected chi connectivity index (χ3v) is 3.14. The van der Waals surface area contributed by atoms with Crippen LogP contribution in [-0.2, 0) is 16.0 Å². The summed E-state index contributed by atoms with van der Waals surface area (Å²) in [5, 5.41) is 0. The zero-order valence-corrected chi connectivity index (χ0v) is 12.2. The fourth-order valence-corrected chi connectivity index (χ4v) is 1.87. The zero-order valence-electron chi connectivity index (χ0n) is 10.6. The highest BCUT2D eigenvalue weighted by Crippen LogP contribution is 2.20. The number of hydrogen-bond donors (Lipinski definition) is 0. The van der Waals surface area contributed by atoms with Crippen LogP contribution in [0, 0.1) is 0 Å². The largest absolute Gasteiger partial charge is 0.469 e. The molecule has 2 rings (SSSR count). The molecule has 2 aromatic rings. The molecule has 0 aliphatic heterocycles. The number of carbonyl (C=O) groups is 2. The minimum Gasteiger partial charge on any atom is -0.469 e. The third-order valence-electron chi connectivity index (χ3n) is 2.51. The highest BCUT2D eigenvalue weighted by molar-refractivity contribution is 9.10. The van der Waals surface area contributed by atoms with Crippen molar-refractivity contribution >= 4 is 27.9 Å². The summed E-state index contributed by atoms with van der Waals surface area (Å²) in [7, 11) is 1.33. The summed E-state index contributed by atoms with van der Waals surface area (Å²) in [6, 6.07) is 8.20. The number of ether oxygens (including phenoxy) is 2. The monoisotopic (exact) mass is 338 g/mol. The van der Waals surface area contributed by atoms with Gasteiger partial charge in [-0.25, -0.2) is 4.79 Å². The molecule has 1 aromatic carbocycles.